The van der Waals surface area contributed by atoms with E-state index in [4.69, 9.17) is 0 Å². The van der Waals surface area contributed by atoms with Crippen LogP contribution in [0.4, 0.5) is 0 Å². The summed E-state index contributed by atoms with van der Waals surface area (Å²) < 4.78 is 0. The fraction of sp³-hybridized carbons (Fsp3) is 0.923. The van der Waals surface area contributed by atoms with Crippen molar-refractivity contribution in [1.29, 1.82) is 0 Å². The zero-order valence-corrected chi connectivity index (χ0v) is 9.29. The van der Waals surface area contributed by atoms with Crippen LogP contribution in [0.5, 0.6) is 0 Å². The standard InChI is InChI=1S/C13H21O/c1-12(2,14)13-6-9-3-10(7-13)5-11(4-9)8-13/h3,9-11,14H,4-8H2,1-2H3. The van der Waals surface area contributed by atoms with Gasteiger partial charge >= 0.3 is 0 Å². The molecule has 0 aromatic heterocycles. The lowest BCUT2D eigenvalue weighted by Gasteiger charge is -2.60. The summed E-state index contributed by atoms with van der Waals surface area (Å²) in [6.07, 6.45) is 9.20. The van der Waals surface area contributed by atoms with Crippen molar-refractivity contribution >= 4 is 0 Å². The van der Waals surface area contributed by atoms with Gasteiger partial charge in [0.1, 0.15) is 0 Å². The molecule has 1 heteroatoms. The Morgan fingerprint density at radius 1 is 1.14 bits per heavy atom. The highest BCUT2D eigenvalue weighted by Crippen LogP contribution is 2.63. The van der Waals surface area contributed by atoms with Gasteiger partial charge in [0.05, 0.1) is 5.60 Å². The second kappa shape index (κ2) is 2.55. The first-order valence-electron chi connectivity index (χ1n) is 6.06. The molecule has 4 rings (SSSR count). The molecule has 0 amide bonds. The van der Waals surface area contributed by atoms with Crippen molar-refractivity contribution in [3.63, 3.8) is 0 Å². The molecule has 0 aliphatic heterocycles. The minimum Gasteiger partial charge on any atom is -0.390 e. The summed E-state index contributed by atoms with van der Waals surface area (Å²) in [5.74, 6) is 2.57. The molecule has 0 saturated heterocycles. The predicted molar refractivity (Wildman–Crippen MR) is 56.6 cm³/mol. The summed E-state index contributed by atoms with van der Waals surface area (Å²) in [6.45, 7) is 4.06. The second-order valence-electron chi connectivity index (χ2n) is 6.50. The van der Waals surface area contributed by atoms with E-state index in [2.05, 4.69) is 6.42 Å². The van der Waals surface area contributed by atoms with E-state index in [1.54, 1.807) is 0 Å². The van der Waals surface area contributed by atoms with Crippen molar-refractivity contribution in [1.82, 2.24) is 0 Å². The molecule has 0 aromatic carbocycles. The van der Waals surface area contributed by atoms with Crippen LogP contribution in [0.2, 0.25) is 0 Å². The zero-order chi connectivity index (χ0) is 9.97. The molecule has 14 heavy (non-hydrogen) atoms. The van der Waals surface area contributed by atoms with Crippen molar-refractivity contribution in [2.45, 2.75) is 51.6 Å². The van der Waals surface area contributed by atoms with Gasteiger partial charge in [0.2, 0.25) is 0 Å². The van der Waals surface area contributed by atoms with Gasteiger partial charge in [-0.25, -0.2) is 0 Å². The second-order valence-corrected chi connectivity index (χ2v) is 6.50. The largest absolute Gasteiger partial charge is 0.390 e. The van der Waals surface area contributed by atoms with Crippen LogP contribution in [0.15, 0.2) is 0 Å². The first-order valence-corrected chi connectivity index (χ1v) is 6.06. The first-order chi connectivity index (χ1) is 6.48. The van der Waals surface area contributed by atoms with Gasteiger partial charge < -0.3 is 5.11 Å². The summed E-state index contributed by atoms with van der Waals surface area (Å²) in [4.78, 5) is 0. The fourth-order valence-electron chi connectivity index (χ4n) is 4.52. The molecule has 79 valence electrons. The molecule has 4 aliphatic rings. The van der Waals surface area contributed by atoms with Crippen LogP contribution in [-0.2, 0) is 0 Å². The molecule has 0 aromatic rings. The SMILES string of the molecule is CC(C)(O)C12CC3[CH]C(CC(C3)C1)C2. The van der Waals surface area contributed by atoms with Crippen molar-refractivity contribution in [2.75, 3.05) is 0 Å². The Balaban J connectivity index is 1.95. The van der Waals surface area contributed by atoms with Crippen molar-refractivity contribution in [2.24, 2.45) is 23.2 Å². The summed E-state index contributed by atoms with van der Waals surface area (Å²) in [5.41, 5.74) is -0.199. The smallest absolute Gasteiger partial charge is 0.0648 e. The number of hydrogen-bond acceptors (Lipinski definition) is 1. The van der Waals surface area contributed by atoms with Gasteiger partial charge in [-0.1, -0.05) is 0 Å². The van der Waals surface area contributed by atoms with Crippen LogP contribution in [-0.4, -0.2) is 10.7 Å². The molecule has 1 radical (unpaired) electrons. The van der Waals surface area contributed by atoms with Gasteiger partial charge in [0.15, 0.2) is 0 Å². The van der Waals surface area contributed by atoms with E-state index < -0.39 is 5.60 Å². The third-order valence-corrected chi connectivity index (χ3v) is 5.10. The quantitative estimate of drug-likeness (QED) is 0.679. The number of aliphatic hydroxyl groups is 1. The van der Waals surface area contributed by atoms with E-state index in [1.807, 2.05) is 13.8 Å². The topological polar surface area (TPSA) is 20.2 Å². The summed E-state index contributed by atoms with van der Waals surface area (Å²) >= 11 is 0. The third-order valence-electron chi connectivity index (χ3n) is 5.10. The summed E-state index contributed by atoms with van der Waals surface area (Å²) in [5, 5.41) is 10.4. The van der Waals surface area contributed by atoms with Crippen LogP contribution in [0.3, 0.4) is 0 Å². The maximum Gasteiger partial charge on any atom is 0.0648 e. The van der Waals surface area contributed by atoms with E-state index in [-0.39, 0.29) is 5.41 Å². The lowest BCUT2D eigenvalue weighted by Crippen LogP contribution is -2.56. The Bertz CT molecular complexity index is 213. The highest BCUT2D eigenvalue weighted by molar-refractivity contribution is 5.12. The number of hydrogen-bond donors (Lipinski definition) is 1. The highest BCUT2D eigenvalue weighted by Gasteiger charge is 2.56. The monoisotopic (exact) mass is 193 g/mol. The molecular formula is C13H21O. The van der Waals surface area contributed by atoms with E-state index >= 15 is 0 Å². The normalized spacial score (nSPS) is 51.2. The van der Waals surface area contributed by atoms with Gasteiger partial charge in [-0.05, 0) is 75.5 Å². The zero-order valence-electron chi connectivity index (χ0n) is 9.29. The molecule has 4 bridgehead atoms. The Morgan fingerprint density at radius 3 is 2.14 bits per heavy atom. The average Bonchev–Trinajstić information content (AvgIpc) is 1.98. The van der Waals surface area contributed by atoms with Crippen LogP contribution in [0.25, 0.3) is 0 Å². The Morgan fingerprint density at radius 2 is 1.71 bits per heavy atom. The maximum atomic E-state index is 10.4. The van der Waals surface area contributed by atoms with Gasteiger partial charge in [-0.15, -0.1) is 0 Å². The van der Waals surface area contributed by atoms with Gasteiger partial charge in [0.25, 0.3) is 0 Å². The van der Waals surface area contributed by atoms with E-state index in [0.717, 1.165) is 17.8 Å². The van der Waals surface area contributed by atoms with E-state index in [9.17, 15) is 5.11 Å². The Labute approximate surface area is 86.9 Å². The van der Waals surface area contributed by atoms with Gasteiger partial charge in [-0.2, -0.15) is 0 Å². The van der Waals surface area contributed by atoms with Crippen LogP contribution >= 0.6 is 0 Å². The molecular weight excluding hydrogens is 172 g/mol. The van der Waals surface area contributed by atoms with Crippen LogP contribution < -0.4 is 0 Å². The predicted octanol–water partition coefficient (Wildman–Crippen LogP) is 2.79. The molecule has 1 nitrogen and oxygen atoms in total. The fourth-order valence-corrected chi connectivity index (χ4v) is 4.52. The minimum absolute atomic E-state index is 0.262. The van der Waals surface area contributed by atoms with Crippen molar-refractivity contribution in [3.05, 3.63) is 6.42 Å². The van der Waals surface area contributed by atoms with Crippen LogP contribution in [0, 0.1) is 29.6 Å². The van der Waals surface area contributed by atoms with Gasteiger partial charge in [0, 0.05) is 0 Å². The maximum absolute atomic E-state index is 10.4. The van der Waals surface area contributed by atoms with E-state index in [0.29, 0.717) is 0 Å². The number of rotatable bonds is 1. The molecule has 4 saturated carbocycles. The Hall–Kier alpha value is -0.0400. The summed E-state index contributed by atoms with van der Waals surface area (Å²) in [6, 6.07) is 0. The van der Waals surface area contributed by atoms with Crippen molar-refractivity contribution in [3.8, 4) is 0 Å². The van der Waals surface area contributed by atoms with Crippen molar-refractivity contribution < 1.29 is 5.11 Å². The molecule has 4 aliphatic carbocycles. The molecule has 4 fully saturated rings. The first kappa shape index (κ1) is 9.21. The molecule has 0 spiro atoms. The highest BCUT2D eigenvalue weighted by atomic mass is 16.3. The van der Waals surface area contributed by atoms with E-state index in [1.165, 1.54) is 32.1 Å². The summed E-state index contributed by atoms with van der Waals surface area (Å²) in [7, 11) is 0. The molecule has 0 heterocycles. The van der Waals surface area contributed by atoms with Crippen LogP contribution in [0.1, 0.15) is 46.0 Å². The van der Waals surface area contributed by atoms with Gasteiger partial charge in [-0.3, -0.25) is 0 Å². The lowest BCUT2D eigenvalue weighted by atomic mass is 9.46. The minimum atomic E-state index is -0.461. The Kier molecular flexibility index (Phi) is 1.68. The molecule has 2 atom stereocenters. The molecule has 1 N–H and O–H groups in total. The third kappa shape index (κ3) is 1.11. The average molecular weight is 193 g/mol. The lowest BCUT2D eigenvalue weighted by molar-refractivity contribution is -0.146. The molecule has 2 unspecified atom stereocenters.